The Morgan fingerprint density at radius 2 is 2.32 bits per heavy atom. The fraction of sp³-hybridized carbons (Fsp3) is 0.500. The molecule has 1 aliphatic carbocycles. The molecular formula is C20H20F2N4O2. The third-order valence-corrected chi connectivity index (χ3v) is 6.23. The summed E-state index contributed by atoms with van der Waals surface area (Å²) in [4.78, 5) is 4.10. The summed E-state index contributed by atoms with van der Waals surface area (Å²) >= 11 is 0. The molecule has 8 heteroatoms. The Morgan fingerprint density at radius 1 is 1.43 bits per heavy atom. The second kappa shape index (κ2) is 6.54. The number of ether oxygens (including phenoxy) is 2. The van der Waals surface area contributed by atoms with E-state index in [1.54, 1.807) is 0 Å². The first-order valence-electron chi connectivity index (χ1n) is 9.42. The number of nitrogens with one attached hydrogen (secondary N) is 2. The van der Waals surface area contributed by atoms with Gasteiger partial charge in [-0.05, 0) is 24.3 Å². The fourth-order valence-corrected chi connectivity index (χ4v) is 4.78. The number of hydrogen-bond acceptors (Lipinski definition) is 6. The average molecular weight is 386 g/mol. The quantitative estimate of drug-likeness (QED) is 0.831. The Bertz CT molecular complexity index is 887. The monoisotopic (exact) mass is 386 g/mol. The lowest BCUT2D eigenvalue weighted by atomic mass is 9.89. The normalized spacial score (nSPS) is 38.0. The van der Waals surface area contributed by atoms with Gasteiger partial charge in [-0.3, -0.25) is 0 Å². The number of aliphatic imine (C=N–C) groups is 1. The van der Waals surface area contributed by atoms with Crippen LogP contribution in [0.1, 0.15) is 5.56 Å². The standard InChI is InChI=1S/C20H20F2N4O2/c21-13-5-11(6-23)1-2-14(13)26-15-3-4-25-19(17(15)22)28-18-16-12-7-24-9-20(16,18)10-27-8-12/h1-5,12,15-18,24,26H,7-10H2. The van der Waals surface area contributed by atoms with Crippen molar-refractivity contribution in [3.05, 3.63) is 41.9 Å². The van der Waals surface area contributed by atoms with Crippen LogP contribution in [0.5, 0.6) is 0 Å². The number of rotatable bonds is 3. The highest BCUT2D eigenvalue weighted by atomic mass is 19.1. The van der Waals surface area contributed by atoms with Gasteiger partial charge in [-0.15, -0.1) is 0 Å². The van der Waals surface area contributed by atoms with E-state index in [1.165, 1.54) is 24.4 Å². The molecule has 2 N–H and O–H groups in total. The minimum Gasteiger partial charge on any atom is -0.474 e. The van der Waals surface area contributed by atoms with Crippen molar-refractivity contribution >= 4 is 11.6 Å². The Kier molecular flexibility index (Phi) is 4.11. The molecule has 6 atom stereocenters. The maximum Gasteiger partial charge on any atom is 0.226 e. The molecule has 5 rings (SSSR count). The van der Waals surface area contributed by atoms with E-state index in [0.717, 1.165) is 19.2 Å². The van der Waals surface area contributed by atoms with Crippen LogP contribution in [-0.2, 0) is 9.47 Å². The van der Waals surface area contributed by atoms with Crippen molar-refractivity contribution < 1.29 is 18.3 Å². The molecule has 0 amide bonds. The van der Waals surface area contributed by atoms with Crippen LogP contribution in [0.25, 0.3) is 0 Å². The SMILES string of the molecule is N#Cc1ccc(NC2C=CN=C(OC3C4C5CNCC34COC5)C2F)c(F)c1. The van der Waals surface area contributed by atoms with Gasteiger partial charge >= 0.3 is 0 Å². The summed E-state index contributed by atoms with van der Waals surface area (Å²) in [6.45, 7) is 3.01. The molecule has 28 heavy (non-hydrogen) atoms. The molecular weight excluding hydrogens is 366 g/mol. The molecule has 1 aromatic carbocycles. The highest BCUT2D eigenvalue weighted by molar-refractivity contribution is 5.84. The largest absolute Gasteiger partial charge is 0.474 e. The van der Waals surface area contributed by atoms with E-state index in [4.69, 9.17) is 14.7 Å². The minimum absolute atomic E-state index is 0.0217. The highest BCUT2D eigenvalue weighted by Crippen LogP contribution is 2.62. The van der Waals surface area contributed by atoms with Crippen molar-refractivity contribution in [1.82, 2.24) is 5.32 Å². The van der Waals surface area contributed by atoms with E-state index in [2.05, 4.69) is 15.6 Å². The number of nitrogens with zero attached hydrogens (tertiary/aromatic N) is 2. The average Bonchev–Trinajstić information content (AvgIpc) is 3.36. The van der Waals surface area contributed by atoms with Gasteiger partial charge in [-0.2, -0.15) is 5.26 Å². The number of piperidine rings is 1. The molecule has 6 nitrogen and oxygen atoms in total. The van der Waals surface area contributed by atoms with Crippen LogP contribution < -0.4 is 10.6 Å². The Balaban J connectivity index is 1.29. The van der Waals surface area contributed by atoms with Crippen LogP contribution in [0, 0.1) is 34.4 Å². The van der Waals surface area contributed by atoms with Crippen molar-refractivity contribution in [3.8, 4) is 6.07 Å². The molecule has 3 fully saturated rings. The smallest absolute Gasteiger partial charge is 0.226 e. The van der Waals surface area contributed by atoms with Gasteiger partial charge in [0.1, 0.15) is 11.9 Å². The predicted molar refractivity (Wildman–Crippen MR) is 98.0 cm³/mol. The zero-order valence-corrected chi connectivity index (χ0v) is 15.1. The van der Waals surface area contributed by atoms with Crippen molar-refractivity contribution in [3.63, 3.8) is 0 Å². The van der Waals surface area contributed by atoms with Gasteiger partial charge < -0.3 is 20.1 Å². The van der Waals surface area contributed by atoms with Gasteiger partial charge in [0, 0.05) is 31.1 Å². The summed E-state index contributed by atoms with van der Waals surface area (Å²) in [6.07, 6.45) is 1.38. The molecule has 3 aliphatic heterocycles. The van der Waals surface area contributed by atoms with E-state index in [9.17, 15) is 4.39 Å². The molecule has 3 heterocycles. The molecule has 2 saturated heterocycles. The second-order valence-corrected chi connectivity index (χ2v) is 7.89. The lowest BCUT2D eigenvalue weighted by Crippen LogP contribution is -2.45. The van der Waals surface area contributed by atoms with Crippen molar-refractivity contribution in [1.29, 1.82) is 5.26 Å². The molecule has 0 radical (unpaired) electrons. The van der Waals surface area contributed by atoms with Gasteiger partial charge in [0.25, 0.3) is 0 Å². The number of halogens is 2. The maximum absolute atomic E-state index is 15.1. The molecule has 6 unspecified atom stereocenters. The molecule has 2 bridgehead atoms. The molecule has 0 spiro atoms. The van der Waals surface area contributed by atoms with Crippen molar-refractivity contribution in [2.45, 2.75) is 18.3 Å². The van der Waals surface area contributed by atoms with E-state index in [0.29, 0.717) is 25.0 Å². The van der Waals surface area contributed by atoms with Crippen LogP contribution in [0.3, 0.4) is 0 Å². The predicted octanol–water partition coefficient (Wildman–Crippen LogP) is 1.99. The van der Waals surface area contributed by atoms with Gasteiger partial charge in [0.05, 0.1) is 42.0 Å². The first-order chi connectivity index (χ1) is 13.6. The Labute approximate surface area is 161 Å². The topological polar surface area (TPSA) is 78.7 Å². The Hall–Kier alpha value is -2.50. The van der Waals surface area contributed by atoms with Crippen molar-refractivity contribution in [2.24, 2.45) is 22.2 Å². The third-order valence-electron chi connectivity index (χ3n) is 6.23. The highest BCUT2D eigenvalue weighted by Gasteiger charge is 2.72. The first kappa shape index (κ1) is 17.6. The lowest BCUT2D eigenvalue weighted by molar-refractivity contribution is -0.00983. The van der Waals surface area contributed by atoms with Crippen LogP contribution in [0.4, 0.5) is 14.5 Å². The van der Waals surface area contributed by atoms with Crippen LogP contribution in [-0.4, -0.2) is 50.5 Å². The molecule has 1 saturated carbocycles. The number of hydrogen-bond donors (Lipinski definition) is 2. The first-order valence-corrected chi connectivity index (χ1v) is 9.42. The summed E-state index contributed by atoms with van der Waals surface area (Å²) in [7, 11) is 0. The molecule has 146 valence electrons. The summed E-state index contributed by atoms with van der Waals surface area (Å²) < 4.78 is 41.0. The number of benzene rings is 1. The van der Waals surface area contributed by atoms with E-state index < -0.39 is 18.0 Å². The summed E-state index contributed by atoms with van der Waals surface area (Å²) in [5, 5.41) is 15.1. The van der Waals surface area contributed by atoms with Crippen LogP contribution in [0.2, 0.25) is 0 Å². The summed E-state index contributed by atoms with van der Waals surface area (Å²) in [6, 6.07) is 5.11. The van der Waals surface area contributed by atoms with Gasteiger partial charge in [-0.25, -0.2) is 13.8 Å². The van der Waals surface area contributed by atoms with E-state index >= 15 is 4.39 Å². The summed E-state index contributed by atoms with van der Waals surface area (Å²) in [5.41, 5.74) is 0.249. The van der Waals surface area contributed by atoms with Crippen LogP contribution >= 0.6 is 0 Å². The number of nitriles is 1. The fourth-order valence-electron chi connectivity index (χ4n) is 4.78. The molecule has 1 aromatic rings. The second-order valence-electron chi connectivity index (χ2n) is 7.89. The molecule has 0 aromatic heterocycles. The van der Waals surface area contributed by atoms with Gasteiger partial charge in [0.2, 0.25) is 5.90 Å². The van der Waals surface area contributed by atoms with Gasteiger partial charge in [0.15, 0.2) is 6.17 Å². The number of alkyl halides is 1. The lowest BCUT2D eigenvalue weighted by Gasteiger charge is -2.33. The van der Waals surface area contributed by atoms with E-state index in [1.807, 2.05) is 6.07 Å². The van der Waals surface area contributed by atoms with E-state index in [-0.39, 0.29) is 28.7 Å². The van der Waals surface area contributed by atoms with Crippen molar-refractivity contribution in [2.75, 3.05) is 31.6 Å². The van der Waals surface area contributed by atoms with Gasteiger partial charge in [-0.1, -0.05) is 0 Å². The number of anilines is 1. The zero-order valence-electron chi connectivity index (χ0n) is 15.1. The summed E-state index contributed by atoms with van der Waals surface area (Å²) in [5.74, 6) is 0.167. The zero-order chi connectivity index (χ0) is 19.3. The Morgan fingerprint density at radius 3 is 3.11 bits per heavy atom. The maximum atomic E-state index is 15.1. The molecule has 4 aliphatic rings. The minimum atomic E-state index is -1.53. The third kappa shape index (κ3) is 2.69. The van der Waals surface area contributed by atoms with Crippen LogP contribution in [0.15, 0.2) is 35.5 Å².